The standard InChI is InChI=1S/C75H78N4OSi.Pt/c1-71(2,3)52-32-37-76-69(44-52)79-66-46-55(28-29-58(66)59-41-51-19-18-40-81(38-14-15-39-81)68(51)47-67(59)79)80-54-21-16-20-53(45-54)77-48-78(65-25-13-12-24-64(65)77)70-56(49-26-30-60-62(42-49)74(8,9)35-33-72(60,4)5)22-17-23-57(70)50-27-31-61-63(43-50)75(10,11)36-34-73(61,6)7;/h12-13,16-17,20-32,37,41-44,47H,14-15,18-19,33-36,38-40H2,1-11H3;/q-2;/i4D3,5D3,6D3,7D3,8D3,9D3,10D3,11D3,26D,27D,30D,31D,33D2,34D2,35D2,36D2,42D,43D;. The second kappa shape index (κ2) is 19.6. The molecule has 0 bridgehead atoms. The Kier molecular flexibility index (Phi) is 6.39. The fourth-order valence-electron chi connectivity index (χ4n) is 12.5. The maximum Gasteiger partial charge on any atom is 0.268 e. The molecule has 3 aromatic heterocycles. The number of para-hydroxylation sites is 3. The predicted molar refractivity (Wildman–Crippen MR) is 337 cm³/mol. The average molecular weight is 1310 g/mol. The number of rotatable bonds is 7. The SMILES string of the molecule is [2H]c1c([2H])c2c(c([2H])c1-c1cccc(-c3c([2H])c([2H])c4c(c3[2H])C(C([2H])([2H])[2H])(C([2H])([2H])[2H])C([2H])([2H])C([2H])([2H])C4(C([2H])([2H])[2H])C([2H])([2H])[2H])c1-[n+]1[c-]n(-c3[c-]c(Oc4[c-]c5c(cc4)c4cc6c(cc4n5-c4cc(C(C)(C)C)ccn4)[Si]4(CCCC4)CCC6)ccc3)c3ccccc31)C(C([2H])([2H])[2H])(C([2H])([2H])[2H])C([2H])([2H])C([2H])([2H])C2(C([2H])([2H])[2H])C([2H])([2H])[2H].[Pt]. The van der Waals surface area contributed by atoms with E-state index in [1.807, 2.05) is 18.2 Å². The molecule has 0 atom stereocenters. The zero-order chi connectivity index (χ0) is 88.4. The molecule has 82 heavy (non-hydrogen) atoms. The van der Waals surface area contributed by atoms with E-state index in [9.17, 15) is 19.2 Å². The van der Waals surface area contributed by atoms with Crippen molar-refractivity contribution in [2.24, 2.45) is 0 Å². The van der Waals surface area contributed by atoms with Crippen molar-refractivity contribution < 1.29 is 82.5 Å². The van der Waals surface area contributed by atoms with Crippen LogP contribution in [0.25, 0.3) is 72.3 Å². The third kappa shape index (κ3) is 9.02. The first-order valence-electron chi connectivity index (χ1n) is 45.9. The van der Waals surface area contributed by atoms with Gasteiger partial charge in [-0.05, 0) is 144 Å². The zero-order valence-corrected chi connectivity index (χ0v) is 48.1. The first-order valence-corrected chi connectivity index (χ1v) is 29.5. The number of hydrogen-bond donors (Lipinski definition) is 0. The molecular formula is C75H78N4OPtSi-2. The van der Waals surface area contributed by atoms with Crippen LogP contribution >= 0.6 is 0 Å². The Labute approximate surface area is 555 Å². The summed E-state index contributed by atoms with van der Waals surface area (Å²) in [5, 5.41) is 3.29. The van der Waals surface area contributed by atoms with Gasteiger partial charge in [-0.15, -0.1) is 29.7 Å². The van der Waals surface area contributed by atoms with Crippen LogP contribution in [0.4, 0.5) is 0 Å². The summed E-state index contributed by atoms with van der Waals surface area (Å²) < 4.78 is 365. The van der Waals surface area contributed by atoms with E-state index >= 15 is 0 Å². The van der Waals surface area contributed by atoms with Gasteiger partial charge in [-0.3, -0.25) is 4.57 Å². The largest absolute Gasteiger partial charge is 0.510 e. The Balaban J connectivity index is 0.0000124. The summed E-state index contributed by atoms with van der Waals surface area (Å²) in [7, 11) is -1.84. The van der Waals surface area contributed by atoms with Crippen LogP contribution in [-0.2, 0) is 54.6 Å². The summed E-state index contributed by atoms with van der Waals surface area (Å²) in [5.74, 6) is 0.811. The van der Waals surface area contributed by atoms with E-state index in [1.54, 1.807) is 12.3 Å². The average Bonchev–Trinajstić information content (AvgIpc) is 1.02. The van der Waals surface area contributed by atoms with E-state index in [0.717, 1.165) is 57.5 Å². The van der Waals surface area contributed by atoms with Crippen molar-refractivity contribution in [3.05, 3.63) is 191 Å². The van der Waals surface area contributed by atoms with Gasteiger partial charge in [0.15, 0.2) is 0 Å². The van der Waals surface area contributed by atoms with Crippen LogP contribution in [-0.4, -0.2) is 22.2 Å². The van der Waals surface area contributed by atoms with Gasteiger partial charge in [0.1, 0.15) is 5.82 Å². The van der Waals surface area contributed by atoms with Crippen LogP contribution in [0.2, 0.25) is 18.1 Å². The van der Waals surface area contributed by atoms with Crippen LogP contribution in [0.1, 0.15) is 206 Å². The summed E-state index contributed by atoms with van der Waals surface area (Å²) >= 11 is 0. The molecule has 1 spiro atoms. The quantitative estimate of drug-likeness (QED) is 0.0906. The van der Waals surface area contributed by atoms with E-state index in [2.05, 4.69) is 55.9 Å². The number of fused-ring (bicyclic) bond motifs is 8. The van der Waals surface area contributed by atoms with Crippen LogP contribution in [0.3, 0.4) is 0 Å². The smallest absolute Gasteiger partial charge is 0.268 e. The second-order valence-electron chi connectivity index (χ2n) is 22.9. The molecule has 14 rings (SSSR count). The monoisotopic (exact) mass is 1310 g/mol. The molecule has 0 radical (unpaired) electrons. The van der Waals surface area contributed by atoms with E-state index in [0.29, 0.717) is 11.3 Å². The Morgan fingerprint density at radius 1 is 0.646 bits per heavy atom. The molecule has 2 aliphatic carbocycles. The van der Waals surface area contributed by atoms with E-state index in [4.69, 9.17) is 42.6 Å². The van der Waals surface area contributed by atoms with Crippen LogP contribution in [0.5, 0.6) is 11.5 Å². The van der Waals surface area contributed by atoms with Gasteiger partial charge < -0.3 is 13.9 Å². The number of aromatic nitrogens is 4. The third-order valence-corrected chi connectivity index (χ3v) is 22.1. The molecule has 4 aliphatic rings. The molecule has 0 saturated carbocycles. The Bertz CT molecular complexity index is 5640. The molecule has 420 valence electrons. The topological polar surface area (TPSA) is 35.9 Å². The molecule has 5 heterocycles. The summed E-state index contributed by atoms with van der Waals surface area (Å²) in [6.07, 6.45) is -10.0. The number of ether oxygens (including phenoxy) is 1. The Hall–Kier alpha value is -6.33. The molecule has 0 N–H and O–H groups in total. The fraction of sp³-hybridized carbons (Fsp3) is 0.360. The maximum atomic E-state index is 10.4. The van der Waals surface area contributed by atoms with Gasteiger partial charge in [0.2, 0.25) is 0 Å². The van der Waals surface area contributed by atoms with Crippen molar-refractivity contribution in [3.63, 3.8) is 0 Å². The fourth-order valence-corrected chi connectivity index (χ4v) is 18.1. The molecule has 10 aromatic rings. The molecule has 0 amide bonds. The minimum absolute atomic E-state index is 0. The molecule has 1 fully saturated rings. The predicted octanol–water partition coefficient (Wildman–Crippen LogP) is 18.3. The van der Waals surface area contributed by atoms with Crippen molar-refractivity contribution in [3.8, 4) is 50.9 Å². The van der Waals surface area contributed by atoms with Gasteiger partial charge >= 0.3 is 0 Å². The summed E-state index contributed by atoms with van der Waals surface area (Å²) in [5.41, 5.74) is -28.1. The van der Waals surface area contributed by atoms with Crippen molar-refractivity contribution in [1.82, 2.24) is 14.1 Å². The van der Waals surface area contributed by atoms with Gasteiger partial charge in [-0.25, -0.2) is 4.98 Å². The van der Waals surface area contributed by atoms with Crippen LogP contribution in [0.15, 0.2) is 140 Å². The zero-order valence-electron chi connectivity index (χ0n) is 82.8. The number of aryl methyl sites for hydroxylation is 1. The van der Waals surface area contributed by atoms with Crippen LogP contribution < -0.4 is 14.5 Å². The van der Waals surface area contributed by atoms with Gasteiger partial charge in [0.05, 0.1) is 33.0 Å². The number of pyridine rings is 1. The molecule has 7 heteroatoms. The molecule has 7 aromatic carbocycles. The van der Waals surface area contributed by atoms with Gasteiger partial charge in [-0.1, -0.05) is 208 Å². The first-order chi connectivity index (χ1) is 54.3. The minimum Gasteiger partial charge on any atom is -0.510 e. The molecular weight excluding hydrogens is 1200 g/mol. The third-order valence-electron chi connectivity index (χ3n) is 16.5. The van der Waals surface area contributed by atoms with E-state index in [-0.39, 0.29) is 54.7 Å². The summed E-state index contributed by atoms with van der Waals surface area (Å²) in [6.45, 7) is -30.1. The van der Waals surface area contributed by atoms with Crippen molar-refractivity contribution >= 4 is 46.1 Å². The normalized spacial score (nSPS) is 28.8. The molecule has 1 saturated heterocycles. The minimum atomic E-state index is -4.85. The first kappa shape index (κ1) is 26.7. The maximum absolute atomic E-state index is 10.4. The van der Waals surface area contributed by atoms with Gasteiger partial charge in [0, 0.05) is 88.1 Å². The molecule has 2 aliphatic heterocycles. The molecule has 5 nitrogen and oxygen atoms in total. The van der Waals surface area contributed by atoms with Crippen molar-refractivity contribution in [1.29, 1.82) is 0 Å². The van der Waals surface area contributed by atoms with Gasteiger partial charge in [0.25, 0.3) is 6.33 Å². The van der Waals surface area contributed by atoms with Crippen molar-refractivity contribution in [2.75, 3.05) is 0 Å². The van der Waals surface area contributed by atoms with Crippen molar-refractivity contribution in [2.45, 2.75) is 172 Å². The summed E-state index contributed by atoms with van der Waals surface area (Å²) in [6, 6.07) is 25.3. The van der Waals surface area contributed by atoms with Gasteiger partial charge in [-0.2, -0.15) is 18.2 Å². The summed E-state index contributed by atoms with van der Waals surface area (Å²) in [4.78, 5) is 4.95. The number of nitrogens with zero attached hydrogens (tertiary/aromatic N) is 4. The number of hydrogen-bond acceptors (Lipinski definition) is 2. The van der Waals surface area contributed by atoms with E-state index < -0.39 is 196 Å². The van der Waals surface area contributed by atoms with E-state index in [1.165, 1.54) is 88.8 Å². The van der Waals surface area contributed by atoms with Crippen LogP contribution in [0, 0.1) is 18.5 Å². The Morgan fingerprint density at radius 3 is 1.93 bits per heavy atom. The number of benzene rings is 7. The number of imidazole rings is 1. The Morgan fingerprint density at radius 2 is 1.27 bits per heavy atom. The second-order valence-corrected chi connectivity index (χ2v) is 27.5. The molecule has 0 unspecified atom stereocenters.